The molecular formula is C14H16. The maximum atomic E-state index is 2.39. The fourth-order valence-corrected chi connectivity index (χ4v) is 2.92. The highest BCUT2D eigenvalue weighted by Gasteiger charge is 2.26. The van der Waals surface area contributed by atoms with Crippen molar-refractivity contribution < 1.29 is 0 Å². The van der Waals surface area contributed by atoms with Gasteiger partial charge >= 0.3 is 0 Å². The van der Waals surface area contributed by atoms with Crippen LogP contribution in [0.15, 0.2) is 45.6 Å². The van der Waals surface area contributed by atoms with E-state index in [2.05, 4.69) is 26.0 Å². The van der Waals surface area contributed by atoms with Crippen LogP contribution in [0.2, 0.25) is 0 Å². The summed E-state index contributed by atoms with van der Waals surface area (Å²) in [5, 5.41) is 0. The molecule has 0 radical (unpaired) electrons. The Balaban J connectivity index is 1.97. The predicted molar refractivity (Wildman–Crippen MR) is 60.0 cm³/mol. The molecule has 3 aliphatic carbocycles. The van der Waals surface area contributed by atoms with E-state index in [0.717, 1.165) is 0 Å². The summed E-state index contributed by atoms with van der Waals surface area (Å²) in [5.74, 6) is 0. The summed E-state index contributed by atoms with van der Waals surface area (Å²) in [6, 6.07) is 0. The first-order valence-corrected chi connectivity index (χ1v) is 5.52. The molecule has 14 heavy (non-hydrogen) atoms. The third-order valence-electron chi connectivity index (χ3n) is 3.90. The summed E-state index contributed by atoms with van der Waals surface area (Å²) in [6.07, 6.45) is 9.70. The zero-order valence-corrected chi connectivity index (χ0v) is 8.98. The van der Waals surface area contributed by atoms with E-state index in [1.807, 2.05) is 0 Å². The average Bonchev–Trinajstić information content (AvgIpc) is 2.71. The van der Waals surface area contributed by atoms with Crippen LogP contribution in [0.25, 0.3) is 0 Å². The van der Waals surface area contributed by atoms with E-state index in [1.165, 1.54) is 36.8 Å². The van der Waals surface area contributed by atoms with Gasteiger partial charge in [0.2, 0.25) is 0 Å². The number of hydrogen-bond acceptors (Lipinski definition) is 0. The summed E-state index contributed by atoms with van der Waals surface area (Å²) in [6.45, 7) is 4.53. The van der Waals surface area contributed by atoms with E-state index in [4.69, 9.17) is 0 Å². The summed E-state index contributed by atoms with van der Waals surface area (Å²) < 4.78 is 0. The van der Waals surface area contributed by atoms with E-state index < -0.39 is 0 Å². The molecule has 0 nitrogen and oxygen atoms in total. The Bertz CT molecular complexity index is 385. The molecule has 0 amide bonds. The zero-order valence-electron chi connectivity index (χ0n) is 8.98. The van der Waals surface area contributed by atoms with Crippen LogP contribution in [-0.2, 0) is 0 Å². The molecule has 0 saturated carbocycles. The van der Waals surface area contributed by atoms with Crippen molar-refractivity contribution in [3.63, 3.8) is 0 Å². The Morgan fingerprint density at radius 1 is 0.786 bits per heavy atom. The van der Waals surface area contributed by atoms with Gasteiger partial charge in [0.15, 0.2) is 0 Å². The lowest BCUT2D eigenvalue weighted by atomic mass is 9.85. The standard InChI is InChI=1S/C14H16/c1-9-3-5-11-7-12-6-4-10(2)14(12)8-13(9)11/h3-4H,5-8H2,1-2H3. The molecule has 0 heterocycles. The van der Waals surface area contributed by atoms with Crippen LogP contribution in [0.4, 0.5) is 0 Å². The lowest BCUT2D eigenvalue weighted by Crippen LogP contribution is -2.01. The maximum Gasteiger partial charge on any atom is -0.00212 e. The number of hydrogen-bond donors (Lipinski definition) is 0. The molecule has 0 heteroatoms. The van der Waals surface area contributed by atoms with Crippen LogP contribution in [0, 0.1) is 0 Å². The van der Waals surface area contributed by atoms with Gasteiger partial charge in [-0.3, -0.25) is 0 Å². The smallest absolute Gasteiger partial charge is 0.00212 e. The van der Waals surface area contributed by atoms with Gasteiger partial charge in [-0.15, -0.1) is 0 Å². The van der Waals surface area contributed by atoms with Gasteiger partial charge in [0.05, 0.1) is 0 Å². The van der Waals surface area contributed by atoms with Crippen molar-refractivity contribution in [3.05, 3.63) is 45.6 Å². The Labute approximate surface area is 85.7 Å². The third-order valence-corrected chi connectivity index (χ3v) is 3.90. The first kappa shape index (κ1) is 8.28. The molecule has 0 saturated heterocycles. The molecule has 0 atom stereocenters. The quantitative estimate of drug-likeness (QED) is 0.532. The zero-order chi connectivity index (χ0) is 9.71. The molecule has 0 aromatic rings. The minimum absolute atomic E-state index is 1.22. The van der Waals surface area contributed by atoms with Gasteiger partial charge in [0.25, 0.3) is 0 Å². The Hall–Kier alpha value is -1.04. The highest BCUT2D eigenvalue weighted by Crippen LogP contribution is 2.45. The normalized spacial score (nSPS) is 25.0. The van der Waals surface area contributed by atoms with E-state index >= 15 is 0 Å². The second kappa shape index (κ2) is 2.73. The SMILES string of the molecule is CC1=CCC2=C1CC1=C(CC=C1C)C2. The van der Waals surface area contributed by atoms with E-state index in [1.54, 1.807) is 22.3 Å². The predicted octanol–water partition coefficient (Wildman–Crippen LogP) is 4.07. The average molecular weight is 184 g/mol. The van der Waals surface area contributed by atoms with Crippen molar-refractivity contribution in [1.82, 2.24) is 0 Å². The van der Waals surface area contributed by atoms with E-state index in [0.29, 0.717) is 0 Å². The highest BCUT2D eigenvalue weighted by molar-refractivity contribution is 5.55. The lowest BCUT2D eigenvalue weighted by Gasteiger charge is -2.20. The molecule has 3 aliphatic rings. The Morgan fingerprint density at radius 3 is 1.79 bits per heavy atom. The Kier molecular flexibility index (Phi) is 1.61. The monoisotopic (exact) mass is 184 g/mol. The molecule has 0 fully saturated rings. The fraction of sp³-hybridized carbons (Fsp3) is 0.429. The second-order valence-corrected chi connectivity index (χ2v) is 4.70. The minimum atomic E-state index is 1.22. The molecule has 3 rings (SSSR count). The van der Waals surface area contributed by atoms with Gasteiger partial charge in [0.1, 0.15) is 0 Å². The molecule has 0 spiro atoms. The largest absolute Gasteiger partial charge is 0.0772 e. The van der Waals surface area contributed by atoms with Crippen molar-refractivity contribution >= 4 is 0 Å². The summed E-state index contributed by atoms with van der Waals surface area (Å²) in [4.78, 5) is 0. The second-order valence-electron chi connectivity index (χ2n) is 4.70. The molecule has 0 N–H and O–H groups in total. The van der Waals surface area contributed by atoms with Crippen molar-refractivity contribution in [1.29, 1.82) is 0 Å². The molecule has 0 bridgehead atoms. The third kappa shape index (κ3) is 1.00. The van der Waals surface area contributed by atoms with Gasteiger partial charge in [-0.25, -0.2) is 0 Å². The molecule has 0 aromatic heterocycles. The van der Waals surface area contributed by atoms with Gasteiger partial charge in [-0.1, -0.05) is 34.4 Å². The van der Waals surface area contributed by atoms with Crippen LogP contribution in [0.5, 0.6) is 0 Å². The lowest BCUT2D eigenvalue weighted by molar-refractivity contribution is 0.927. The molecular weight excluding hydrogens is 168 g/mol. The van der Waals surface area contributed by atoms with Crippen LogP contribution >= 0.6 is 0 Å². The highest BCUT2D eigenvalue weighted by atomic mass is 14.3. The summed E-state index contributed by atoms with van der Waals surface area (Å²) in [7, 11) is 0. The van der Waals surface area contributed by atoms with Gasteiger partial charge < -0.3 is 0 Å². The van der Waals surface area contributed by atoms with Gasteiger partial charge in [-0.2, -0.15) is 0 Å². The van der Waals surface area contributed by atoms with Crippen LogP contribution in [0.3, 0.4) is 0 Å². The van der Waals surface area contributed by atoms with Crippen molar-refractivity contribution in [2.45, 2.75) is 39.5 Å². The number of allylic oxidation sites excluding steroid dienone is 8. The van der Waals surface area contributed by atoms with E-state index in [9.17, 15) is 0 Å². The minimum Gasteiger partial charge on any atom is -0.0772 e. The maximum absolute atomic E-state index is 2.39. The van der Waals surface area contributed by atoms with Gasteiger partial charge in [-0.05, 0) is 50.7 Å². The molecule has 0 aromatic carbocycles. The summed E-state index contributed by atoms with van der Waals surface area (Å²) >= 11 is 0. The van der Waals surface area contributed by atoms with Crippen molar-refractivity contribution in [3.8, 4) is 0 Å². The molecule has 0 unspecified atom stereocenters. The van der Waals surface area contributed by atoms with E-state index in [-0.39, 0.29) is 0 Å². The molecule has 72 valence electrons. The van der Waals surface area contributed by atoms with Crippen LogP contribution in [-0.4, -0.2) is 0 Å². The number of rotatable bonds is 0. The summed E-state index contributed by atoms with van der Waals surface area (Å²) in [5.41, 5.74) is 9.77. The fourth-order valence-electron chi connectivity index (χ4n) is 2.92. The van der Waals surface area contributed by atoms with Crippen molar-refractivity contribution in [2.24, 2.45) is 0 Å². The van der Waals surface area contributed by atoms with Gasteiger partial charge in [0, 0.05) is 0 Å². The Morgan fingerprint density at radius 2 is 1.29 bits per heavy atom. The first-order chi connectivity index (χ1) is 6.75. The topological polar surface area (TPSA) is 0 Å². The van der Waals surface area contributed by atoms with Crippen LogP contribution in [0.1, 0.15) is 39.5 Å². The molecule has 0 aliphatic heterocycles. The van der Waals surface area contributed by atoms with Crippen LogP contribution < -0.4 is 0 Å². The first-order valence-electron chi connectivity index (χ1n) is 5.52. The van der Waals surface area contributed by atoms with Crippen molar-refractivity contribution in [2.75, 3.05) is 0 Å².